The van der Waals surface area contributed by atoms with Crippen LogP contribution in [0.2, 0.25) is 0 Å². The Kier molecular flexibility index (Phi) is 9.33. The summed E-state index contributed by atoms with van der Waals surface area (Å²) in [6, 6.07) is -1.23. The average Bonchev–Trinajstić information content (AvgIpc) is 2.75. The van der Waals surface area contributed by atoms with Gasteiger partial charge in [0, 0.05) is 26.1 Å². The molecule has 10 nitrogen and oxygen atoms in total. The predicted octanol–water partition coefficient (Wildman–Crippen LogP) is -1.35. The number of likely N-dealkylation sites (tertiary alicyclic amines) is 1. The first-order valence-electron chi connectivity index (χ1n) is 10.4. The summed E-state index contributed by atoms with van der Waals surface area (Å²) < 4.78 is 0. The van der Waals surface area contributed by atoms with Gasteiger partial charge in [-0.25, -0.2) is 4.79 Å². The summed E-state index contributed by atoms with van der Waals surface area (Å²) in [5.74, 6) is -1.85. The van der Waals surface area contributed by atoms with E-state index in [9.17, 15) is 19.2 Å². The largest absolute Gasteiger partial charge is 0.480 e. The van der Waals surface area contributed by atoms with Gasteiger partial charge in [-0.3, -0.25) is 14.4 Å². The molecule has 2 aliphatic heterocycles. The molecule has 0 aromatic heterocycles. The molecular weight excluding hydrogens is 378 g/mol. The van der Waals surface area contributed by atoms with Crippen molar-refractivity contribution in [2.45, 2.75) is 44.6 Å². The molecule has 0 aromatic rings. The van der Waals surface area contributed by atoms with Crippen molar-refractivity contribution in [1.82, 2.24) is 20.9 Å². The van der Waals surface area contributed by atoms with Gasteiger partial charge in [0.15, 0.2) is 0 Å². The van der Waals surface area contributed by atoms with Gasteiger partial charge >= 0.3 is 5.97 Å². The summed E-state index contributed by atoms with van der Waals surface area (Å²) in [6.07, 6.45) is 4.98. The fourth-order valence-electron chi connectivity index (χ4n) is 3.87. The quantitative estimate of drug-likeness (QED) is 0.314. The Bertz CT molecular complexity index is 594. The van der Waals surface area contributed by atoms with Crippen molar-refractivity contribution < 1.29 is 24.3 Å². The van der Waals surface area contributed by atoms with E-state index in [4.69, 9.17) is 10.8 Å². The number of nitrogens with one attached hydrogen (secondary N) is 3. The lowest BCUT2D eigenvalue weighted by Crippen LogP contribution is -2.52. The minimum absolute atomic E-state index is 0.0830. The second-order valence-corrected chi connectivity index (χ2v) is 7.82. The van der Waals surface area contributed by atoms with Crippen LogP contribution >= 0.6 is 0 Å². The first-order chi connectivity index (χ1) is 13.9. The molecule has 2 rings (SSSR count). The highest BCUT2D eigenvalue weighted by molar-refractivity contribution is 5.86. The third-order valence-corrected chi connectivity index (χ3v) is 5.67. The fourth-order valence-corrected chi connectivity index (χ4v) is 3.87. The Morgan fingerprint density at radius 1 is 1.17 bits per heavy atom. The molecule has 0 saturated carbocycles. The van der Waals surface area contributed by atoms with Gasteiger partial charge in [0.1, 0.15) is 6.04 Å². The number of amides is 3. The summed E-state index contributed by atoms with van der Waals surface area (Å²) in [5.41, 5.74) is 5.18. The highest BCUT2D eigenvalue weighted by Crippen LogP contribution is 2.21. The van der Waals surface area contributed by atoms with Crippen molar-refractivity contribution >= 4 is 23.7 Å². The van der Waals surface area contributed by atoms with Crippen molar-refractivity contribution in [2.24, 2.45) is 17.6 Å². The van der Waals surface area contributed by atoms with Crippen LogP contribution in [0.25, 0.3) is 0 Å². The number of aliphatic carboxylic acids is 1. The number of nitrogens with zero attached hydrogens (tertiary/aromatic N) is 1. The normalized spacial score (nSPS) is 21.3. The first-order valence-corrected chi connectivity index (χ1v) is 10.4. The van der Waals surface area contributed by atoms with Crippen LogP contribution in [0.1, 0.15) is 38.5 Å². The van der Waals surface area contributed by atoms with Gasteiger partial charge in [-0.2, -0.15) is 0 Å². The average molecular weight is 412 g/mol. The molecule has 2 saturated heterocycles. The Morgan fingerprint density at radius 3 is 2.55 bits per heavy atom. The first kappa shape index (κ1) is 23.1. The molecule has 0 radical (unpaired) electrons. The number of hydrogen-bond donors (Lipinski definition) is 5. The van der Waals surface area contributed by atoms with Gasteiger partial charge in [0.05, 0.1) is 12.5 Å². The van der Waals surface area contributed by atoms with Gasteiger partial charge in [0.2, 0.25) is 17.7 Å². The van der Waals surface area contributed by atoms with Crippen molar-refractivity contribution in [2.75, 3.05) is 39.3 Å². The predicted molar refractivity (Wildman–Crippen MR) is 106 cm³/mol. The second kappa shape index (κ2) is 11.7. The summed E-state index contributed by atoms with van der Waals surface area (Å²) in [7, 11) is 0. The van der Waals surface area contributed by atoms with Gasteiger partial charge in [-0.15, -0.1) is 0 Å². The van der Waals surface area contributed by atoms with E-state index in [1.165, 1.54) is 0 Å². The third kappa shape index (κ3) is 7.62. The van der Waals surface area contributed by atoms with E-state index in [-0.39, 0.29) is 30.8 Å². The molecule has 6 N–H and O–H groups in total. The van der Waals surface area contributed by atoms with Crippen LogP contribution in [-0.4, -0.2) is 79.0 Å². The molecule has 164 valence electrons. The van der Waals surface area contributed by atoms with Gasteiger partial charge in [-0.05, 0) is 51.1 Å². The number of carbonyl (C=O) groups is 4. The molecule has 0 unspecified atom stereocenters. The van der Waals surface area contributed by atoms with E-state index in [1.807, 2.05) is 0 Å². The minimum atomic E-state index is -1.24. The number of hydrogen-bond acceptors (Lipinski definition) is 6. The minimum Gasteiger partial charge on any atom is -0.480 e. The summed E-state index contributed by atoms with van der Waals surface area (Å²) in [5, 5.41) is 17.3. The molecule has 2 aliphatic rings. The van der Waals surface area contributed by atoms with E-state index in [1.54, 1.807) is 4.90 Å². The maximum absolute atomic E-state index is 12.6. The summed E-state index contributed by atoms with van der Waals surface area (Å²) >= 11 is 0. The smallest absolute Gasteiger partial charge is 0.328 e. The molecule has 0 aliphatic carbocycles. The molecule has 29 heavy (non-hydrogen) atoms. The van der Waals surface area contributed by atoms with Gasteiger partial charge < -0.3 is 31.7 Å². The fraction of sp³-hybridized carbons (Fsp3) is 0.789. The molecule has 2 fully saturated rings. The topological polar surface area (TPSA) is 154 Å². The van der Waals surface area contributed by atoms with E-state index < -0.39 is 17.9 Å². The highest BCUT2D eigenvalue weighted by Gasteiger charge is 2.29. The lowest BCUT2D eigenvalue weighted by atomic mass is 9.92. The third-order valence-electron chi connectivity index (χ3n) is 5.67. The molecule has 2 atom stereocenters. The van der Waals surface area contributed by atoms with E-state index in [0.717, 1.165) is 38.8 Å². The Balaban J connectivity index is 1.77. The van der Waals surface area contributed by atoms with Gasteiger partial charge in [-0.1, -0.05) is 0 Å². The lowest BCUT2D eigenvalue weighted by molar-refractivity contribution is -0.141. The zero-order chi connectivity index (χ0) is 21.2. The zero-order valence-electron chi connectivity index (χ0n) is 16.8. The highest BCUT2D eigenvalue weighted by atomic mass is 16.4. The Hall–Kier alpha value is -2.20. The standard InChI is InChI=1S/C19H33N5O5/c20-10-16(25)23-15(19(28)29)11-22-18(27)14-2-1-9-24(12-14)17(26)4-3-13-5-7-21-8-6-13/h13-15,21H,1-12,20H2,(H,22,27)(H,23,25)(H,28,29)/t14-,15-/m1/s1. The number of nitrogens with two attached hydrogens (primary N) is 1. The number of rotatable bonds is 9. The molecule has 0 bridgehead atoms. The summed E-state index contributed by atoms with van der Waals surface area (Å²) in [6.45, 7) is 2.47. The van der Waals surface area contributed by atoms with Crippen molar-refractivity contribution in [3.63, 3.8) is 0 Å². The maximum Gasteiger partial charge on any atom is 0.328 e. The van der Waals surface area contributed by atoms with Crippen LogP contribution in [0, 0.1) is 11.8 Å². The Labute approximate surface area is 170 Å². The molecule has 2 heterocycles. The van der Waals surface area contributed by atoms with Crippen LogP contribution in [0.5, 0.6) is 0 Å². The molecule has 10 heteroatoms. The van der Waals surface area contributed by atoms with E-state index >= 15 is 0 Å². The van der Waals surface area contributed by atoms with Crippen LogP contribution in [-0.2, 0) is 19.2 Å². The number of carboxylic acids is 1. The second-order valence-electron chi connectivity index (χ2n) is 7.82. The lowest BCUT2D eigenvalue weighted by Gasteiger charge is -2.33. The van der Waals surface area contributed by atoms with Crippen LogP contribution in [0.4, 0.5) is 0 Å². The van der Waals surface area contributed by atoms with Crippen molar-refractivity contribution in [1.29, 1.82) is 0 Å². The SMILES string of the molecule is NCC(=O)N[C@H](CNC(=O)[C@@H]1CCCN(C(=O)CCC2CCNCC2)C1)C(=O)O. The molecule has 0 aromatic carbocycles. The van der Waals surface area contributed by atoms with E-state index in [0.29, 0.717) is 31.8 Å². The maximum atomic E-state index is 12.6. The molecule has 0 spiro atoms. The van der Waals surface area contributed by atoms with Crippen LogP contribution in [0.15, 0.2) is 0 Å². The van der Waals surface area contributed by atoms with Crippen LogP contribution < -0.4 is 21.7 Å². The molecular formula is C19H33N5O5. The Morgan fingerprint density at radius 2 is 1.90 bits per heavy atom. The molecule has 3 amide bonds. The summed E-state index contributed by atoms with van der Waals surface area (Å²) in [4.78, 5) is 49.3. The number of carbonyl (C=O) groups excluding carboxylic acids is 3. The zero-order valence-corrected chi connectivity index (χ0v) is 16.8. The number of piperidine rings is 2. The van der Waals surface area contributed by atoms with Crippen molar-refractivity contribution in [3.8, 4) is 0 Å². The number of carboxylic acid groups (broad SMARTS) is 1. The van der Waals surface area contributed by atoms with Crippen LogP contribution in [0.3, 0.4) is 0 Å². The monoisotopic (exact) mass is 411 g/mol. The van der Waals surface area contributed by atoms with E-state index in [2.05, 4.69) is 16.0 Å². The van der Waals surface area contributed by atoms with Crippen molar-refractivity contribution in [3.05, 3.63) is 0 Å². The van der Waals surface area contributed by atoms with Gasteiger partial charge in [0.25, 0.3) is 0 Å².